The highest BCUT2D eigenvalue weighted by molar-refractivity contribution is 8.00. The van der Waals surface area contributed by atoms with Crippen LogP contribution < -0.4 is 10.9 Å². The molecule has 1 aromatic heterocycles. The molecule has 2 N–H and O–H groups in total. The van der Waals surface area contributed by atoms with Crippen LogP contribution in [0.15, 0.2) is 34.2 Å². The topological polar surface area (TPSA) is 84.1 Å². The first kappa shape index (κ1) is 20.5. The van der Waals surface area contributed by atoms with Gasteiger partial charge >= 0.3 is 0 Å². The van der Waals surface area contributed by atoms with Gasteiger partial charge in [-0.1, -0.05) is 29.4 Å². The van der Waals surface area contributed by atoms with Crippen molar-refractivity contribution in [2.45, 2.75) is 50.8 Å². The Morgan fingerprint density at radius 2 is 2.08 bits per heavy atom. The number of aromatic amines is 1. The van der Waals surface area contributed by atoms with Crippen LogP contribution >= 0.6 is 23.4 Å². The molecular weight excluding hydrogens is 374 g/mol. The van der Waals surface area contributed by atoms with Crippen molar-refractivity contribution in [3.8, 4) is 0 Å². The van der Waals surface area contributed by atoms with E-state index in [1.54, 1.807) is 19.1 Å². The predicted octanol–water partition coefficient (Wildman–Crippen LogP) is 3.78. The summed E-state index contributed by atoms with van der Waals surface area (Å²) in [7, 11) is 0. The Bertz CT molecular complexity index is 839. The van der Waals surface area contributed by atoms with Crippen LogP contribution in [0.4, 0.5) is 5.69 Å². The average Bonchev–Trinajstić information content (AvgIpc) is 2.55. The number of thioether (sulfide) groups is 1. The Balaban J connectivity index is 2.03. The van der Waals surface area contributed by atoms with E-state index in [0.29, 0.717) is 21.6 Å². The minimum atomic E-state index is -0.459. The van der Waals surface area contributed by atoms with Gasteiger partial charge in [0.05, 0.1) is 23.7 Å². The molecule has 1 aromatic carbocycles. The molecule has 6 nitrogen and oxygen atoms in total. The zero-order chi connectivity index (χ0) is 19.3. The van der Waals surface area contributed by atoms with Gasteiger partial charge in [0.15, 0.2) is 5.16 Å². The molecule has 26 heavy (non-hydrogen) atoms. The Morgan fingerprint density at radius 1 is 1.35 bits per heavy atom. The van der Waals surface area contributed by atoms with E-state index in [0.717, 1.165) is 5.56 Å². The molecule has 1 atom stereocenters. The van der Waals surface area contributed by atoms with Crippen molar-refractivity contribution in [1.29, 1.82) is 0 Å². The largest absolute Gasteiger partial charge is 0.373 e. The van der Waals surface area contributed by atoms with E-state index in [1.165, 1.54) is 17.8 Å². The minimum Gasteiger partial charge on any atom is -0.373 e. The molecule has 0 aliphatic rings. The number of H-pyrrole nitrogens is 1. The molecule has 1 unspecified atom stereocenters. The first-order valence-corrected chi connectivity index (χ1v) is 9.46. The molecule has 2 aromatic rings. The third-order valence-corrected chi connectivity index (χ3v) is 4.83. The van der Waals surface area contributed by atoms with E-state index in [1.807, 2.05) is 26.8 Å². The maximum absolute atomic E-state index is 12.4. The molecule has 0 bridgehead atoms. The second-order valence-electron chi connectivity index (χ2n) is 6.11. The van der Waals surface area contributed by atoms with Gasteiger partial charge < -0.3 is 15.0 Å². The number of anilines is 1. The van der Waals surface area contributed by atoms with E-state index < -0.39 is 5.25 Å². The van der Waals surface area contributed by atoms with Crippen molar-refractivity contribution in [3.63, 3.8) is 0 Å². The Labute approximate surface area is 161 Å². The number of rotatable bonds is 7. The van der Waals surface area contributed by atoms with E-state index >= 15 is 0 Å². The van der Waals surface area contributed by atoms with Crippen LogP contribution in [0.5, 0.6) is 0 Å². The SMILES string of the molecule is Cc1ccc(NC(=O)C(C)Sc2nc(COC(C)C)cc(=O)[nH]2)cc1Cl. The number of amides is 1. The number of hydrogen-bond donors (Lipinski definition) is 2. The molecule has 0 fully saturated rings. The highest BCUT2D eigenvalue weighted by Gasteiger charge is 2.17. The normalized spacial score (nSPS) is 12.2. The van der Waals surface area contributed by atoms with Gasteiger partial charge in [0.1, 0.15) is 0 Å². The number of nitrogens with one attached hydrogen (secondary N) is 2. The van der Waals surface area contributed by atoms with Crippen molar-refractivity contribution in [2.75, 3.05) is 5.32 Å². The quantitative estimate of drug-likeness (QED) is 0.550. The van der Waals surface area contributed by atoms with Crippen molar-refractivity contribution in [2.24, 2.45) is 0 Å². The molecule has 2 rings (SSSR count). The van der Waals surface area contributed by atoms with Gasteiger partial charge in [-0.05, 0) is 45.4 Å². The lowest BCUT2D eigenvalue weighted by molar-refractivity contribution is -0.115. The predicted molar refractivity (Wildman–Crippen MR) is 105 cm³/mol. The lowest BCUT2D eigenvalue weighted by Gasteiger charge is -2.13. The Kier molecular flexibility index (Phi) is 7.25. The number of hydrogen-bond acceptors (Lipinski definition) is 5. The first-order chi connectivity index (χ1) is 12.2. The molecular formula is C18H22ClN3O3S. The van der Waals surface area contributed by atoms with Crippen molar-refractivity contribution in [1.82, 2.24) is 9.97 Å². The van der Waals surface area contributed by atoms with Crippen molar-refractivity contribution < 1.29 is 9.53 Å². The lowest BCUT2D eigenvalue weighted by Crippen LogP contribution is -2.23. The summed E-state index contributed by atoms with van der Waals surface area (Å²) >= 11 is 7.25. The summed E-state index contributed by atoms with van der Waals surface area (Å²) in [5.74, 6) is -0.207. The summed E-state index contributed by atoms with van der Waals surface area (Å²) in [6.45, 7) is 7.70. The minimum absolute atomic E-state index is 0.0400. The van der Waals surface area contributed by atoms with Gasteiger partial charge in [0, 0.05) is 16.8 Å². The fourth-order valence-corrected chi connectivity index (χ4v) is 3.01. The highest BCUT2D eigenvalue weighted by Crippen LogP contribution is 2.23. The summed E-state index contributed by atoms with van der Waals surface area (Å²) in [6, 6.07) is 6.73. The van der Waals surface area contributed by atoms with Gasteiger partial charge in [0.2, 0.25) is 5.91 Å². The molecule has 1 amide bonds. The van der Waals surface area contributed by atoms with Crippen LogP contribution in [-0.2, 0) is 16.1 Å². The van der Waals surface area contributed by atoms with Crippen molar-refractivity contribution >= 4 is 35.0 Å². The van der Waals surface area contributed by atoms with Gasteiger partial charge in [-0.3, -0.25) is 9.59 Å². The summed E-state index contributed by atoms with van der Waals surface area (Å²) in [5.41, 5.74) is 1.82. The smallest absolute Gasteiger partial charge is 0.251 e. The van der Waals surface area contributed by atoms with Crippen LogP contribution in [0.2, 0.25) is 5.02 Å². The maximum Gasteiger partial charge on any atom is 0.251 e. The molecule has 0 saturated carbocycles. The third-order valence-electron chi connectivity index (χ3n) is 3.43. The second-order valence-corrected chi connectivity index (χ2v) is 7.85. The first-order valence-electron chi connectivity index (χ1n) is 8.20. The number of carbonyl (C=O) groups is 1. The zero-order valence-corrected chi connectivity index (χ0v) is 16.7. The monoisotopic (exact) mass is 395 g/mol. The van der Waals surface area contributed by atoms with Gasteiger partial charge in [-0.15, -0.1) is 0 Å². The second kappa shape index (κ2) is 9.21. The van der Waals surface area contributed by atoms with Crippen LogP contribution in [0.1, 0.15) is 32.0 Å². The number of carbonyl (C=O) groups excluding carboxylic acids is 1. The number of aryl methyl sites for hydroxylation is 1. The third kappa shape index (κ3) is 6.16. The summed E-state index contributed by atoms with van der Waals surface area (Å²) in [6.07, 6.45) is 0.0400. The Hall–Kier alpha value is -1.83. The van der Waals surface area contributed by atoms with E-state index in [4.69, 9.17) is 16.3 Å². The molecule has 0 aliphatic carbocycles. The van der Waals surface area contributed by atoms with Gasteiger partial charge in [-0.25, -0.2) is 4.98 Å². The van der Waals surface area contributed by atoms with E-state index in [9.17, 15) is 9.59 Å². The van der Waals surface area contributed by atoms with Crippen LogP contribution in [0.25, 0.3) is 0 Å². The molecule has 0 spiro atoms. The van der Waals surface area contributed by atoms with Crippen LogP contribution in [-0.4, -0.2) is 27.2 Å². The summed E-state index contributed by atoms with van der Waals surface area (Å²) in [4.78, 5) is 31.1. The fraction of sp³-hybridized carbons (Fsp3) is 0.389. The fourth-order valence-electron chi connectivity index (χ4n) is 2.00. The zero-order valence-electron chi connectivity index (χ0n) is 15.1. The maximum atomic E-state index is 12.4. The number of aromatic nitrogens is 2. The highest BCUT2D eigenvalue weighted by atomic mass is 35.5. The average molecular weight is 396 g/mol. The molecule has 0 saturated heterocycles. The van der Waals surface area contributed by atoms with Crippen molar-refractivity contribution in [3.05, 3.63) is 50.9 Å². The van der Waals surface area contributed by atoms with Gasteiger partial charge in [-0.2, -0.15) is 0 Å². The summed E-state index contributed by atoms with van der Waals surface area (Å²) < 4.78 is 5.47. The van der Waals surface area contributed by atoms with Gasteiger partial charge in [0.25, 0.3) is 5.56 Å². The number of halogens is 1. The molecule has 0 aliphatic heterocycles. The molecule has 1 heterocycles. The van der Waals surface area contributed by atoms with E-state index in [2.05, 4.69) is 15.3 Å². The summed E-state index contributed by atoms with van der Waals surface area (Å²) in [5, 5.41) is 3.32. The Morgan fingerprint density at radius 3 is 2.73 bits per heavy atom. The number of nitrogens with zero attached hydrogens (tertiary/aromatic N) is 1. The van der Waals surface area contributed by atoms with E-state index in [-0.39, 0.29) is 24.2 Å². The standard InChI is InChI=1S/C18H22ClN3O3S/c1-10(2)25-9-14-8-16(23)22-18(21-14)26-12(4)17(24)20-13-6-5-11(3)15(19)7-13/h5-8,10,12H,9H2,1-4H3,(H,20,24)(H,21,22,23). The van der Waals surface area contributed by atoms with Crippen LogP contribution in [0.3, 0.4) is 0 Å². The van der Waals surface area contributed by atoms with Crippen LogP contribution in [0, 0.1) is 6.92 Å². The molecule has 140 valence electrons. The molecule has 0 radical (unpaired) electrons. The molecule has 8 heteroatoms. The number of ether oxygens (including phenoxy) is 1. The number of benzene rings is 1. The lowest BCUT2D eigenvalue weighted by atomic mass is 10.2.